The first-order chi connectivity index (χ1) is 9.56. The van der Waals surface area contributed by atoms with E-state index in [1.54, 1.807) is 6.07 Å². The Bertz CT molecular complexity index is 658. The molecule has 4 nitrogen and oxygen atoms in total. The van der Waals surface area contributed by atoms with E-state index in [1.165, 1.54) is 12.1 Å². The second-order valence-electron chi connectivity index (χ2n) is 4.86. The summed E-state index contributed by atoms with van der Waals surface area (Å²) in [5, 5.41) is 9.23. The lowest BCUT2D eigenvalue weighted by Gasteiger charge is -2.04. The topological polar surface area (TPSA) is 59.7 Å². The number of fused-ring (bicyclic) bond motifs is 1. The molecule has 6 heteroatoms. The van der Waals surface area contributed by atoms with Gasteiger partial charge < -0.3 is 14.3 Å². The van der Waals surface area contributed by atoms with Gasteiger partial charge in [-0.2, -0.15) is 0 Å². The lowest BCUT2D eigenvalue weighted by atomic mass is 10.1. The first kappa shape index (κ1) is 12.9. The number of carboxylic acids is 1. The van der Waals surface area contributed by atoms with E-state index in [4.69, 9.17) is 14.3 Å². The Morgan fingerprint density at radius 1 is 1.45 bits per heavy atom. The molecule has 1 fully saturated rings. The molecule has 0 amide bonds. The van der Waals surface area contributed by atoms with Crippen LogP contribution < -0.4 is 4.74 Å². The lowest BCUT2D eigenvalue weighted by Crippen LogP contribution is -2.01. The predicted molar refractivity (Wildman–Crippen MR) is 66.3 cm³/mol. The molecule has 0 spiro atoms. The molecule has 3 rings (SSSR count). The van der Waals surface area contributed by atoms with Gasteiger partial charge in [0.2, 0.25) is 0 Å². The largest absolute Gasteiger partial charge is 0.493 e. The van der Waals surface area contributed by atoms with E-state index in [0.717, 1.165) is 12.8 Å². The maximum atomic E-state index is 12.8. The number of ether oxygens (including phenoxy) is 1. The molecule has 0 unspecified atom stereocenters. The summed E-state index contributed by atoms with van der Waals surface area (Å²) in [7, 11) is 0. The van der Waals surface area contributed by atoms with E-state index in [-0.39, 0.29) is 11.0 Å². The summed E-state index contributed by atoms with van der Waals surface area (Å²) in [6, 6.07) is 4.49. The number of carboxylic acid groups (broad SMARTS) is 1. The average molecular weight is 282 g/mol. The summed E-state index contributed by atoms with van der Waals surface area (Å²) in [5.74, 6) is -1.23. The van der Waals surface area contributed by atoms with Crippen LogP contribution in [0.25, 0.3) is 11.0 Å². The first-order valence-corrected chi connectivity index (χ1v) is 6.27. The summed E-state index contributed by atoms with van der Waals surface area (Å²) in [4.78, 5) is 11.2. The van der Waals surface area contributed by atoms with Crippen molar-refractivity contribution in [1.29, 1.82) is 0 Å². The summed E-state index contributed by atoms with van der Waals surface area (Å²) < 4.78 is 36.0. The maximum Gasteiger partial charge on any atom is 0.340 e. The van der Waals surface area contributed by atoms with Crippen molar-refractivity contribution < 1.29 is 27.8 Å². The molecule has 1 aliphatic carbocycles. The fourth-order valence-corrected chi connectivity index (χ4v) is 2.06. The van der Waals surface area contributed by atoms with E-state index >= 15 is 0 Å². The van der Waals surface area contributed by atoms with Crippen molar-refractivity contribution >= 4 is 16.9 Å². The highest BCUT2D eigenvalue weighted by atomic mass is 19.3. The van der Waals surface area contributed by atoms with Crippen molar-refractivity contribution in [2.24, 2.45) is 5.92 Å². The van der Waals surface area contributed by atoms with Gasteiger partial charge in [0.05, 0.1) is 6.61 Å². The highest BCUT2D eigenvalue weighted by Crippen LogP contribution is 2.35. The number of carbonyl (C=O) groups is 1. The zero-order valence-corrected chi connectivity index (χ0v) is 10.4. The number of aromatic carboxylic acids is 1. The molecule has 20 heavy (non-hydrogen) atoms. The second-order valence-corrected chi connectivity index (χ2v) is 4.86. The van der Waals surface area contributed by atoms with Crippen LogP contribution in [-0.2, 0) is 0 Å². The van der Waals surface area contributed by atoms with Crippen LogP contribution in [0.2, 0.25) is 0 Å². The van der Waals surface area contributed by atoms with Crippen LogP contribution in [0.3, 0.4) is 0 Å². The summed E-state index contributed by atoms with van der Waals surface area (Å²) in [6.07, 6.45) is -0.711. The molecule has 106 valence electrons. The summed E-state index contributed by atoms with van der Waals surface area (Å²) in [5.41, 5.74) is -0.372. The quantitative estimate of drug-likeness (QED) is 0.904. The Morgan fingerprint density at radius 2 is 2.20 bits per heavy atom. The van der Waals surface area contributed by atoms with Gasteiger partial charge in [-0.1, -0.05) is 0 Å². The van der Waals surface area contributed by atoms with Crippen LogP contribution in [0.4, 0.5) is 8.78 Å². The normalized spacial score (nSPS) is 14.9. The summed E-state index contributed by atoms with van der Waals surface area (Å²) >= 11 is 0. The fourth-order valence-electron chi connectivity index (χ4n) is 2.06. The molecule has 0 bridgehead atoms. The molecule has 0 aliphatic heterocycles. The van der Waals surface area contributed by atoms with Crippen LogP contribution in [0.5, 0.6) is 5.75 Å². The van der Waals surface area contributed by atoms with Crippen LogP contribution in [0.1, 0.15) is 35.4 Å². The molecule has 1 heterocycles. The Balaban J connectivity index is 2.01. The van der Waals surface area contributed by atoms with Crippen molar-refractivity contribution in [2.45, 2.75) is 19.3 Å². The third kappa shape index (κ3) is 2.33. The second kappa shape index (κ2) is 4.77. The average Bonchev–Trinajstić information content (AvgIpc) is 3.14. The number of furan rings is 1. The first-order valence-electron chi connectivity index (χ1n) is 6.27. The third-order valence-corrected chi connectivity index (χ3v) is 3.28. The van der Waals surface area contributed by atoms with Gasteiger partial charge in [0.15, 0.2) is 5.76 Å². The molecule has 1 saturated carbocycles. The van der Waals surface area contributed by atoms with Crippen LogP contribution in [0.15, 0.2) is 22.6 Å². The molecule has 1 N–H and O–H groups in total. The number of halogens is 2. The zero-order chi connectivity index (χ0) is 14.3. The van der Waals surface area contributed by atoms with Crippen LogP contribution in [-0.4, -0.2) is 17.7 Å². The van der Waals surface area contributed by atoms with Crippen LogP contribution in [0, 0.1) is 5.92 Å². The number of alkyl halides is 2. The molecule has 0 radical (unpaired) electrons. The molecule has 1 aromatic heterocycles. The Kier molecular flexibility index (Phi) is 3.08. The van der Waals surface area contributed by atoms with E-state index < -0.39 is 23.7 Å². The van der Waals surface area contributed by atoms with Gasteiger partial charge in [0.25, 0.3) is 6.43 Å². The highest BCUT2D eigenvalue weighted by Gasteiger charge is 2.27. The highest BCUT2D eigenvalue weighted by molar-refractivity contribution is 6.04. The van der Waals surface area contributed by atoms with Crippen molar-refractivity contribution in [3.05, 3.63) is 29.5 Å². The standard InChI is InChI=1S/C14H12F2O4/c15-13(16)12-11(14(17)18)9-5-8(3-4-10(9)20-12)19-6-7-1-2-7/h3-5,7,13H,1-2,6H2,(H,17,18). The van der Waals surface area contributed by atoms with Gasteiger partial charge in [-0.25, -0.2) is 13.6 Å². The van der Waals surface area contributed by atoms with Gasteiger partial charge >= 0.3 is 5.97 Å². The summed E-state index contributed by atoms with van der Waals surface area (Å²) in [6.45, 7) is 0.563. The molecular weight excluding hydrogens is 270 g/mol. The van der Waals surface area contributed by atoms with E-state index in [9.17, 15) is 13.6 Å². The molecule has 0 saturated heterocycles. The van der Waals surface area contributed by atoms with Crippen molar-refractivity contribution in [3.63, 3.8) is 0 Å². The minimum absolute atomic E-state index is 0.122. The maximum absolute atomic E-state index is 12.8. The molecule has 0 atom stereocenters. The Morgan fingerprint density at radius 3 is 2.80 bits per heavy atom. The van der Waals surface area contributed by atoms with Gasteiger partial charge in [-0.05, 0) is 37.0 Å². The lowest BCUT2D eigenvalue weighted by molar-refractivity contribution is 0.0676. The molecule has 1 aliphatic rings. The SMILES string of the molecule is O=C(O)c1c(C(F)F)oc2ccc(OCC3CC3)cc12. The number of benzene rings is 1. The van der Waals surface area contributed by atoms with E-state index in [1.807, 2.05) is 0 Å². The van der Waals surface area contributed by atoms with Crippen molar-refractivity contribution in [2.75, 3.05) is 6.61 Å². The van der Waals surface area contributed by atoms with Gasteiger partial charge in [0, 0.05) is 5.39 Å². The minimum Gasteiger partial charge on any atom is -0.493 e. The minimum atomic E-state index is -2.97. The van der Waals surface area contributed by atoms with E-state index in [0.29, 0.717) is 18.3 Å². The smallest absolute Gasteiger partial charge is 0.340 e. The van der Waals surface area contributed by atoms with E-state index in [2.05, 4.69) is 0 Å². The molecule has 2 aromatic rings. The fraction of sp³-hybridized carbons (Fsp3) is 0.357. The van der Waals surface area contributed by atoms with Gasteiger partial charge in [0.1, 0.15) is 16.9 Å². The van der Waals surface area contributed by atoms with Crippen molar-refractivity contribution in [1.82, 2.24) is 0 Å². The number of rotatable bonds is 5. The monoisotopic (exact) mass is 282 g/mol. The number of hydrogen-bond acceptors (Lipinski definition) is 3. The molecule has 1 aromatic carbocycles. The Hall–Kier alpha value is -2.11. The number of hydrogen-bond donors (Lipinski definition) is 1. The van der Waals surface area contributed by atoms with Gasteiger partial charge in [-0.15, -0.1) is 0 Å². The van der Waals surface area contributed by atoms with Crippen molar-refractivity contribution in [3.8, 4) is 5.75 Å². The Labute approximate surface area is 112 Å². The predicted octanol–water partition coefficient (Wildman–Crippen LogP) is 3.86. The molecular formula is C14H12F2O4. The third-order valence-electron chi connectivity index (χ3n) is 3.28. The van der Waals surface area contributed by atoms with Gasteiger partial charge in [-0.3, -0.25) is 0 Å². The zero-order valence-electron chi connectivity index (χ0n) is 10.4. The van der Waals surface area contributed by atoms with Crippen LogP contribution >= 0.6 is 0 Å².